The van der Waals surface area contributed by atoms with Crippen molar-refractivity contribution in [1.29, 1.82) is 0 Å². The van der Waals surface area contributed by atoms with E-state index in [0.717, 1.165) is 44.6 Å². The number of nitrogens with one attached hydrogen (secondary N) is 1. The predicted molar refractivity (Wildman–Crippen MR) is 101 cm³/mol. The minimum Gasteiger partial charge on any atom is -0.484 e. The van der Waals surface area contributed by atoms with Crippen molar-refractivity contribution < 1.29 is 28.2 Å². The van der Waals surface area contributed by atoms with Crippen molar-refractivity contribution in [3.05, 3.63) is 29.6 Å². The molecular weight excluding hydrogens is 365 g/mol. The summed E-state index contributed by atoms with van der Waals surface area (Å²) in [4.78, 5) is 23.7. The van der Waals surface area contributed by atoms with E-state index >= 15 is 0 Å². The van der Waals surface area contributed by atoms with Crippen LogP contribution in [0, 0.1) is 5.82 Å². The number of alkyl carbamates (subject to hydrolysis) is 1. The maximum Gasteiger partial charge on any atom is 0.408 e. The fraction of sp³-hybridized carbons (Fsp3) is 0.619. The zero-order valence-electron chi connectivity index (χ0n) is 16.9. The lowest BCUT2D eigenvalue weighted by molar-refractivity contribution is -0.0567. The Kier molecular flexibility index (Phi) is 5.30. The number of ether oxygens (including phenoxy) is 3. The Morgan fingerprint density at radius 2 is 1.68 bits per heavy atom. The van der Waals surface area contributed by atoms with Crippen LogP contribution >= 0.6 is 0 Å². The summed E-state index contributed by atoms with van der Waals surface area (Å²) in [5.41, 5.74) is -1.10. The van der Waals surface area contributed by atoms with Crippen LogP contribution in [0.15, 0.2) is 18.2 Å². The van der Waals surface area contributed by atoms with E-state index < -0.39 is 29.1 Å². The van der Waals surface area contributed by atoms with Gasteiger partial charge in [0.2, 0.25) is 0 Å². The highest BCUT2D eigenvalue weighted by Gasteiger charge is 2.51. The van der Waals surface area contributed by atoms with Gasteiger partial charge in [-0.3, -0.25) is 0 Å². The molecule has 0 aliphatic heterocycles. The number of esters is 1. The zero-order chi connectivity index (χ0) is 20.6. The second kappa shape index (κ2) is 7.26. The Bertz CT molecular complexity index is 746. The molecule has 0 aromatic heterocycles. The van der Waals surface area contributed by atoms with E-state index in [1.807, 2.05) is 20.8 Å². The second-order valence-electron chi connectivity index (χ2n) is 8.83. The van der Waals surface area contributed by atoms with E-state index in [2.05, 4.69) is 10.1 Å². The normalized spacial score (nSPS) is 26.5. The minimum absolute atomic E-state index is 0.141. The van der Waals surface area contributed by atoms with E-state index in [1.54, 1.807) is 0 Å². The lowest BCUT2D eigenvalue weighted by Crippen LogP contribution is -2.60. The summed E-state index contributed by atoms with van der Waals surface area (Å²) >= 11 is 0. The van der Waals surface area contributed by atoms with Crippen molar-refractivity contribution >= 4 is 12.1 Å². The first-order chi connectivity index (χ1) is 13.1. The van der Waals surface area contributed by atoms with Crippen LogP contribution in [0.4, 0.5) is 9.18 Å². The lowest BCUT2D eigenvalue weighted by atomic mass is 9.63. The fourth-order valence-corrected chi connectivity index (χ4v) is 4.07. The topological polar surface area (TPSA) is 73.9 Å². The van der Waals surface area contributed by atoms with Crippen molar-refractivity contribution in [2.24, 2.45) is 0 Å². The molecule has 4 rings (SSSR count). The van der Waals surface area contributed by atoms with Gasteiger partial charge in [-0.1, -0.05) is 0 Å². The van der Waals surface area contributed by atoms with Gasteiger partial charge in [0, 0.05) is 5.54 Å². The van der Waals surface area contributed by atoms with E-state index in [1.165, 1.54) is 19.2 Å². The van der Waals surface area contributed by atoms with Crippen molar-refractivity contribution in [2.45, 2.75) is 76.0 Å². The first-order valence-corrected chi connectivity index (χ1v) is 9.64. The molecule has 1 aromatic rings. The SMILES string of the molecule is COC(=O)c1ccc(OC23CCC(NC(=O)OC(C)(C)C)(CC2)CC3)c(F)c1. The first kappa shape index (κ1) is 20.4. The smallest absolute Gasteiger partial charge is 0.408 e. The predicted octanol–water partition coefficient (Wildman–Crippen LogP) is 4.36. The molecule has 6 nitrogen and oxygen atoms in total. The van der Waals surface area contributed by atoms with Gasteiger partial charge in [-0.25, -0.2) is 14.0 Å². The molecule has 1 N–H and O–H groups in total. The standard InChI is InChI=1S/C21H28FNO5/c1-19(2,3)28-18(25)23-20-7-10-21(11-8-20,12-9-20)27-16-6-5-14(13-15(16)22)17(24)26-4/h5-6,13H,7-12H2,1-4H3,(H,23,25). The van der Waals surface area contributed by atoms with E-state index in [0.29, 0.717) is 0 Å². The maximum absolute atomic E-state index is 14.4. The largest absolute Gasteiger partial charge is 0.484 e. The van der Waals surface area contributed by atoms with Crippen molar-refractivity contribution in [3.63, 3.8) is 0 Å². The maximum atomic E-state index is 14.4. The number of fused-ring (bicyclic) bond motifs is 3. The molecule has 3 fully saturated rings. The van der Waals surface area contributed by atoms with E-state index in [-0.39, 0.29) is 16.9 Å². The molecule has 7 heteroatoms. The van der Waals surface area contributed by atoms with Crippen molar-refractivity contribution in [1.82, 2.24) is 5.32 Å². The fourth-order valence-electron chi connectivity index (χ4n) is 4.07. The first-order valence-electron chi connectivity index (χ1n) is 9.64. The third-order valence-electron chi connectivity index (χ3n) is 5.62. The quantitative estimate of drug-likeness (QED) is 0.770. The molecule has 0 unspecified atom stereocenters. The second-order valence-corrected chi connectivity index (χ2v) is 8.83. The number of hydrogen-bond acceptors (Lipinski definition) is 5. The highest BCUT2D eigenvalue weighted by atomic mass is 19.1. The summed E-state index contributed by atoms with van der Waals surface area (Å²) < 4.78 is 30.5. The van der Waals surface area contributed by atoms with Crippen LogP contribution in [0.3, 0.4) is 0 Å². The summed E-state index contributed by atoms with van der Waals surface area (Å²) in [7, 11) is 1.26. The minimum atomic E-state index is -0.586. The van der Waals surface area contributed by atoms with Crippen molar-refractivity contribution in [3.8, 4) is 5.75 Å². The Hall–Kier alpha value is -2.31. The molecule has 0 radical (unpaired) electrons. The summed E-state index contributed by atoms with van der Waals surface area (Å²) in [6.07, 6.45) is 4.05. The van der Waals surface area contributed by atoms with Gasteiger partial charge in [0.1, 0.15) is 11.2 Å². The molecule has 3 saturated carbocycles. The van der Waals surface area contributed by atoms with Gasteiger partial charge in [0.05, 0.1) is 12.7 Å². The van der Waals surface area contributed by atoms with Crippen LogP contribution in [-0.2, 0) is 9.47 Å². The van der Waals surface area contributed by atoms with Crippen LogP contribution in [0.5, 0.6) is 5.75 Å². The van der Waals surface area contributed by atoms with Crippen LogP contribution < -0.4 is 10.1 Å². The molecule has 3 aliphatic rings. The van der Waals surface area contributed by atoms with Gasteiger partial charge in [0.25, 0.3) is 0 Å². The molecule has 1 amide bonds. The molecule has 0 heterocycles. The van der Waals surface area contributed by atoms with Gasteiger partial charge in [-0.05, 0) is 77.5 Å². The zero-order valence-corrected chi connectivity index (χ0v) is 16.9. The highest BCUT2D eigenvalue weighted by molar-refractivity contribution is 5.89. The molecule has 28 heavy (non-hydrogen) atoms. The Morgan fingerprint density at radius 1 is 1.07 bits per heavy atom. The number of hydrogen-bond donors (Lipinski definition) is 1. The van der Waals surface area contributed by atoms with Gasteiger partial charge in [-0.15, -0.1) is 0 Å². The number of rotatable bonds is 4. The summed E-state index contributed by atoms with van der Waals surface area (Å²) in [6.45, 7) is 5.51. The van der Waals surface area contributed by atoms with Crippen LogP contribution in [0.1, 0.15) is 69.7 Å². The number of halogens is 1. The molecular formula is C21H28FNO5. The third kappa shape index (κ3) is 4.39. The number of carbonyl (C=O) groups excluding carboxylic acids is 2. The van der Waals surface area contributed by atoms with Gasteiger partial charge in [0.15, 0.2) is 11.6 Å². The molecule has 1 aromatic carbocycles. The average molecular weight is 393 g/mol. The molecule has 0 spiro atoms. The summed E-state index contributed by atoms with van der Waals surface area (Å²) in [5.74, 6) is -1.02. The number of carbonyl (C=O) groups is 2. The molecule has 154 valence electrons. The Labute approximate surface area is 164 Å². The van der Waals surface area contributed by atoms with Gasteiger partial charge >= 0.3 is 12.1 Å². The molecule has 0 atom stereocenters. The monoisotopic (exact) mass is 393 g/mol. The third-order valence-corrected chi connectivity index (χ3v) is 5.62. The van der Waals surface area contributed by atoms with Crippen LogP contribution in [0.2, 0.25) is 0 Å². The van der Waals surface area contributed by atoms with Crippen LogP contribution in [-0.4, -0.2) is 35.9 Å². The van der Waals surface area contributed by atoms with Gasteiger partial charge in [-0.2, -0.15) is 0 Å². The molecule has 3 aliphatic carbocycles. The Balaban J connectivity index is 1.64. The molecule has 0 saturated heterocycles. The Morgan fingerprint density at radius 3 is 2.18 bits per heavy atom. The molecule has 2 bridgehead atoms. The van der Waals surface area contributed by atoms with Crippen LogP contribution in [0.25, 0.3) is 0 Å². The average Bonchev–Trinajstić information content (AvgIpc) is 2.62. The highest BCUT2D eigenvalue weighted by Crippen LogP contribution is 2.49. The number of benzene rings is 1. The van der Waals surface area contributed by atoms with E-state index in [4.69, 9.17) is 9.47 Å². The number of amides is 1. The lowest BCUT2D eigenvalue weighted by Gasteiger charge is -2.53. The van der Waals surface area contributed by atoms with Crippen molar-refractivity contribution in [2.75, 3.05) is 7.11 Å². The summed E-state index contributed by atoms with van der Waals surface area (Å²) in [6, 6.07) is 4.12. The van der Waals surface area contributed by atoms with Gasteiger partial charge < -0.3 is 19.5 Å². The number of methoxy groups -OCH3 is 1. The van der Waals surface area contributed by atoms with E-state index in [9.17, 15) is 14.0 Å². The summed E-state index contributed by atoms with van der Waals surface area (Å²) in [5, 5.41) is 3.05.